The lowest BCUT2D eigenvalue weighted by Crippen LogP contribution is -1.76. The van der Waals surface area contributed by atoms with E-state index in [9.17, 15) is 0 Å². The average molecular weight is 165 g/mol. The fourth-order valence-corrected chi connectivity index (χ4v) is 0.952. The van der Waals surface area contributed by atoms with Gasteiger partial charge in [-0.25, -0.2) is 0 Å². The molecule has 0 radical (unpaired) electrons. The number of rotatable bonds is 2. The molecule has 56 valence electrons. The maximum Gasteiger partial charge on any atom is 0.0406 e. The minimum absolute atomic E-state index is 0.564. The highest BCUT2D eigenvalue weighted by Gasteiger charge is 1.93. The first-order chi connectivity index (χ1) is 5.24. The van der Waals surface area contributed by atoms with E-state index in [-0.39, 0.29) is 0 Å². The lowest BCUT2D eigenvalue weighted by atomic mass is 10.1. The van der Waals surface area contributed by atoms with Gasteiger partial charge in [0.05, 0.1) is 0 Å². The normalized spacial score (nSPS) is 9.18. The van der Waals surface area contributed by atoms with E-state index in [4.69, 9.17) is 11.6 Å². The van der Waals surface area contributed by atoms with Crippen molar-refractivity contribution in [3.63, 3.8) is 0 Å². The molecule has 0 unspecified atom stereocenters. The lowest BCUT2D eigenvalue weighted by molar-refractivity contribution is 1.62. The zero-order valence-corrected chi connectivity index (χ0v) is 6.93. The second-order valence-electron chi connectivity index (χ2n) is 2.23. The molecule has 0 aliphatic rings. The molecule has 0 atom stereocenters. The van der Waals surface area contributed by atoms with Crippen LogP contribution in [-0.2, 0) is 0 Å². The first-order valence-electron chi connectivity index (χ1n) is 3.31. The van der Waals surface area contributed by atoms with Crippen LogP contribution >= 0.6 is 11.6 Å². The molecule has 0 heterocycles. The predicted octanol–water partition coefficient (Wildman–Crippen LogP) is 3.54. The van der Waals surface area contributed by atoms with Crippen molar-refractivity contribution in [3.05, 3.63) is 48.6 Å². The Hall–Kier alpha value is -1.01. The van der Waals surface area contributed by atoms with Gasteiger partial charge in [-0.15, -0.1) is 0 Å². The van der Waals surface area contributed by atoms with E-state index in [1.165, 1.54) is 0 Å². The summed E-state index contributed by atoms with van der Waals surface area (Å²) < 4.78 is 0. The summed E-state index contributed by atoms with van der Waals surface area (Å²) in [7, 11) is 0. The Morgan fingerprint density at radius 2 is 2.18 bits per heavy atom. The van der Waals surface area contributed by atoms with Gasteiger partial charge >= 0.3 is 0 Å². The molecule has 11 heavy (non-hydrogen) atoms. The fourth-order valence-electron chi connectivity index (χ4n) is 0.834. The maximum absolute atomic E-state index is 5.70. The highest BCUT2D eigenvalue weighted by molar-refractivity contribution is 6.48. The SMILES string of the molecule is C=Cc1cccc(C(=C)Cl)c1. The third kappa shape index (κ3) is 1.95. The van der Waals surface area contributed by atoms with Crippen molar-refractivity contribution in [2.45, 2.75) is 0 Å². The van der Waals surface area contributed by atoms with Gasteiger partial charge in [0.15, 0.2) is 0 Å². The van der Waals surface area contributed by atoms with Crippen LogP contribution in [-0.4, -0.2) is 0 Å². The number of hydrogen-bond donors (Lipinski definition) is 0. The largest absolute Gasteiger partial charge is 0.0985 e. The second kappa shape index (κ2) is 3.40. The van der Waals surface area contributed by atoms with E-state index in [1.54, 1.807) is 6.08 Å². The van der Waals surface area contributed by atoms with Crippen LogP contribution in [0.3, 0.4) is 0 Å². The smallest absolute Gasteiger partial charge is 0.0406 e. The molecule has 0 N–H and O–H groups in total. The Morgan fingerprint density at radius 1 is 1.45 bits per heavy atom. The lowest BCUT2D eigenvalue weighted by Gasteiger charge is -1.97. The fraction of sp³-hybridized carbons (Fsp3) is 0. The van der Waals surface area contributed by atoms with Crippen molar-refractivity contribution in [2.75, 3.05) is 0 Å². The first kappa shape index (κ1) is 8.09. The van der Waals surface area contributed by atoms with Crippen LogP contribution in [0.15, 0.2) is 37.4 Å². The Kier molecular flexibility index (Phi) is 2.50. The third-order valence-corrected chi connectivity index (χ3v) is 1.65. The quantitative estimate of drug-likeness (QED) is 0.627. The van der Waals surface area contributed by atoms with Crippen LogP contribution in [0.5, 0.6) is 0 Å². The van der Waals surface area contributed by atoms with Crippen LogP contribution < -0.4 is 0 Å². The maximum atomic E-state index is 5.70. The van der Waals surface area contributed by atoms with Gasteiger partial charge in [0.2, 0.25) is 0 Å². The molecule has 1 aromatic carbocycles. The Morgan fingerprint density at radius 3 is 2.73 bits per heavy atom. The van der Waals surface area contributed by atoms with Gasteiger partial charge in [-0.1, -0.05) is 49.0 Å². The monoisotopic (exact) mass is 164 g/mol. The second-order valence-corrected chi connectivity index (χ2v) is 2.69. The summed E-state index contributed by atoms with van der Waals surface area (Å²) in [5.41, 5.74) is 2.01. The standard InChI is InChI=1S/C10H9Cl/c1-3-9-5-4-6-10(7-9)8(2)11/h3-7H,1-2H2. The zero-order valence-electron chi connectivity index (χ0n) is 6.18. The summed E-state index contributed by atoms with van der Waals surface area (Å²) in [6.07, 6.45) is 1.78. The van der Waals surface area contributed by atoms with Gasteiger partial charge in [-0.05, 0) is 17.2 Å². The van der Waals surface area contributed by atoms with Crippen LogP contribution in [0, 0.1) is 0 Å². The van der Waals surface area contributed by atoms with Crippen molar-refractivity contribution in [2.24, 2.45) is 0 Å². The molecule has 0 bridgehead atoms. The molecule has 0 saturated carbocycles. The van der Waals surface area contributed by atoms with Crippen LogP contribution in [0.25, 0.3) is 11.1 Å². The van der Waals surface area contributed by atoms with Crippen molar-refractivity contribution < 1.29 is 0 Å². The highest BCUT2D eigenvalue weighted by atomic mass is 35.5. The summed E-state index contributed by atoms with van der Waals surface area (Å²) in [5.74, 6) is 0. The van der Waals surface area contributed by atoms with Gasteiger partial charge in [0, 0.05) is 5.03 Å². The van der Waals surface area contributed by atoms with Gasteiger partial charge in [-0.2, -0.15) is 0 Å². The molecule has 1 rings (SSSR count). The minimum Gasteiger partial charge on any atom is -0.0985 e. The number of halogens is 1. The van der Waals surface area contributed by atoms with E-state index < -0.39 is 0 Å². The molecule has 0 fully saturated rings. The molecule has 0 aromatic heterocycles. The van der Waals surface area contributed by atoms with E-state index in [0.29, 0.717) is 5.03 Å². The molecule has 0 nitrogen and oxygen atoms in total. The van der Waals surface area contributed by atoms with Crippen molar-refractivity contribution in [3.8, 4) is 0 Å². The highest BCUT2D eigenvalue weighted by Crippen LogP contribution is 2.17. The van der Waals surface area contributed by atoms with E-state index in [1.807, 2.05) is 24.3 Å². The number of hydrogen-bond acceptors (Lipinski definition) is 0. The minimum atomic E-state index is 0.564. The summed E-state index contributed by atoms with van der Waals surface area (Å²) in [4.78, 5) is 0. The molecule has 0 saturated heterocycles. The predicted molar refractivity (Wildman–Crippen MR) is 51.4 cm³/mol. The molecular formula is C10H9Cl. The average Bonchev–Trinajstić information content (AvgIpc) is 2.05. The van der Waals surface area contributed by atoms with Gasteiger partial charge in [-0.3, -0.25) is 0 Å². The number of benzene rings is 1. The van der Waals surface area contributed by atoms with Crippen LogP contribution in [0.1, 0.15) is 11.1 Å². The zero-order chi connectivity index (χ0) is 8.27. The van der Waals surface area contributed by atoms with E-state index in [0.717, 1.165) is 11.1 Å². The Labute approximate surface area is 71.8 Å². The Balaban J connectivity index is 3.10. The van der Waals surface area contributed by atoms with Gasteiger partial charge in [0.1, 0.15) is 0 Å². The van der Waals surface area contributed by atoms with Gasteiger partial charge < -0.3 is 0 Å². The molecule has 0 amide bonds. The topological polar surface area (TPSA) is 0 Å². The van der Waals surface area contributed by atoms with Crippen molar-refractivity contribution in [1.29, 1.82) is 0 Å². The molecular weight excluding hydrogens is 156 g/mol. The molecule has 1 aromatic rings. The van der Waals surface area contributed by atoms with E-state index in [2.05, 4.69) is 13.2 Å². The van der Waals surface area contributed by atoms with Gasteiger partial charge in [0.25, 0.3) is 0 Å². The van der Waals surface area contributed by atoms with Crippen molar-refractivity contribution in [1.82, 2.24) is 0 Å². The van der Waals surface area contributed by atoms with E-state index >= 15 is 0 Å². The molecule has 0 aliphatic heterocycles. The summed E-state index contributed by atoms with van der Waals surface area (Å²) in [6.45, 7) is 7.29. The first-order valence-corrected chi connectivity index (χ1v) is 3.69. The van der Waals surface area contributed by atoms with Crippen molar-refractivity contribution >= 4 is 22.7 Å². The third-order valence-electron chi connectivity index (χ3n) is 1.44. The summed E-state index contributed by atoms with van der Waals surface area (Å²) in [6, 6.07) is 7.76. The van der Waals surface area contributed by atoms with Crippen LogP contribution in [0.2, 0.25) is 0 Å². The van der Waals surface area contributed by atoms with Crippen LogP contribution in [0.4, 0.5) is 0 Å². The molecule has 1 heteroatoms. The Bertz CT molecular complexity index is 287. The summed E-state index contributed by atoms with van der Waals surface area (Å²) in [5, 5.41) is 0.564. The molecule has 0 spiro atoms. The molecule has 0 aliphatic carbocycles. The summed E-state index contributed by atoms with van der Waals surface area (Å²) >= 11 is 5.70.